The summed E-state index contributed by atoms with van der Waals surface area (Å²) in [5.74, 6) is 0.543. The summed E-state index contributed by atoms with van der Waals surface area (Å²) in [4.78, 5) is 4.12. The highest BCUT2D eigenvalue weighted by Crippen LogP contribution is 2.02. The van der Waals surface area contributed by atoms with E-state index in [2.05, 4.69) is 15.6 Å². The molecule has 24 heavy (non-hydrogen) atoms. The molecule has 0 saturated carbocycles. The van der Waals surface area contributed by atoms with Crippen molar-refractivity contribution in [2.24, 2.45) is 4.99 Å². The van der Waals surface area contributed by atoms with Crippen LogP contribution in [-0.4, -0.2) is 58.2 Å². The van der Waals surface area contributed by atoms with Gasteiger partial charge in [-0.15, -0.1) is 0 Å². The molecule has 2 N–H and O–H groups in total. The van der Waals surface area contributed by atoms with Gasteiger partial charge >= 0.3 is 0 Å². The van der Waals surface area contributed by atoms with Gasteiger partial charge in [0.15, 0.2) is 5.96 Å². The van der Waals surface area contributed by atoms with E-state index in [1.807, 2.05) is 0 Å². The monoisotopic (exact) mass is 358 g/mol. The summed E-state index contributed by atoms with van der Waals surface area (Å²) in [5, 5.41) is 6.32. The molecule has 0 saturated heterocycles. The van der Waals surface area contributed by atoms with Crippen LogP contribution in [0.15, 0.2) is 29.3 Å². The van der Waals surface area contributed by atoms with Crippen molar-refractivity contribution in [1.82, 2.24) is 14.9 Å². The van der Waals surface area contributed by atoms with E-state index in [0.29, 0.717) is 32.0 Å². The van der Waals surface area contributed by atoms with E-state index < -0.39 is 10.0 Å². The molecule has 6 nitrogen and oxygen atoms in total. The fourth-order valence-corrected chi connectivity index (χ4v) is 2.91. The molecule has 0 amide bonds. The molecule has 8 heteroatoms. The molecule has 0 heterocycles. The van der Waals surface area contributed by atoms with Gasteiger partial charge in [-0.25, -0.2) is 17.1 Å². The highest BCUT2D eigenvalue weighted by molar-refractivity contribution is 7.89. The summed E-state index contributed by atoms with van der Waals surface area (Å²) < 4.78 is 37.5. The zero-order valence-electron chi connectivity index (χ0n) is 14.5. The maximum Gasteiger partial charge on any atom is 0.213 e. The summed E-state index contributed by atoms with van der Waals surface area (Å²) in [6.45, 7) is 3.40. The number of rotatable bonds is 9. The molecule has 0 bridgehead atoms. The lowest BCUT2D eigenvalue weighted by molar-refractivity contribution is 0.461. The van der Waals surface area contributed by atoms with Crippen LogP contribution in [0.5, 0.6) is 0 Å². The van der Waals surface area contributed by atoms with Crippen molar-refractivity contribution in [3.8, 4) is 0 Å². The second-order valence-electron chi connectivity index (χ2n) is 5.38. The zero-order valence-corrected chi connectivity index (χ0v) is 15.4. The molecule has 1 rings (SSSR count). The lowest BCUT2D eigenvalue weighted by atomic mass is 10.1. The lowest BCUT2D eigenvalue weighted by Crippen LogP contribution is -2.39. The van der Waals surface area contributed by atoms with E-state index in [1.165, 1.54) is 16.4 Å². The number of hydrogen-bond acceptors (Lipinski definition) is 3. The molecule has 0 spiro atoms. The van der Waals surface area contributed by atoms with E-state index in [-0.39, 0.29) is 11.6 Å². The average molecular weight is 358 g/mol. The van der Waals surface area contributed by atoms with E-state index in [0.717, 1.165) is 12.0 Å². The van der Waals surface area contributed by atoms with Crippen molar-refractivity contribution in [1.29, 1.82) is 0 Å². The number of aliphatic imine (C=N–C) groups is 1. The molecule has 0 atom stereocenters. The van der Waals surface area contributed by atoms with Gasteiger partial charge in [-0.3, -0.25) is 4.99 Å². The molecule has 1 aromatic rings. The third-order valence-electron chi connectivity index (χ3n) is 3.62. The first-order valence-electron chi connectivity index (χ1n) is 8.02. The van der Waals surface area contributed by atoms with Crippen LogP contribution >= 0.6 is 0 Å². The average Bonchev–Trinajstić information content (AvgIpc) is 2.58. The maximum absolute atomic E-state index is 12.8. The number of benzene rings is 1. The minimum absolute atomic E-state index is 0.115. The lowest BCUT2D eigenvalue weighted by Gasteiger charge is -2.16. The normalized spacial score (nSPS) is 12.5. The molecule has 0 radical (unpaired) electrons. The number of halogens is 1. The van der Waals surface area contributed by atoms with E-state index >= 15 is 0 Å². The van der Waals surface area contributed by atoms with Crippen LogP contribution in [0.4, 0.5) is 4.39 Å². The van der Waals surface area contributed by atoms with Gasteiger partial charge < -0.3 is 10.6 Å². The van der Waals surface area contributed by atoms with Crippen molar-refractivity contribution in [2.75, 3.05) is 39.5 Å². The van der Waals surface area contributed by atoms with Crippen LogP contribution < -0.4 is 10.6 Å². The van der Waals surface area contributed by atoms with Gasteiger partial charge in [0.05, 0.1) is 5.75 Å². The second kappa shape index (κ2) is 10.2. The van der Waals surface area contributed by atoms with Crippen LogP contribution in [0.3, 0.4) is 0 Å². The summed E-state index contributed by atoms with van der Waals surface area (Å²) in [6.07, 6.45) is 1.45. The molecule has 0 aliphatic rings. The minimum Gasteiger partial charge on any atom is -0.356 e. The van der Waals surface area contributed by atoms with Gasteiger partial charge in [-0.2, -0.15) is 0 Å². The highest BCUT2D eigenvalue weighted by atomic mass is 32.2. The van der Waals surface area contributed by atoms with E-state index in [1.54, 1.807) is 33.2 Å². The largest absolute Gasteiger partial charge is 0.356 e. The van der Waals surface area contributed by atoms with Gasteiger partial charge in [0, 0.05) is 33.7 Å². The fraction of sp³-hybridized carbons (Fsp3) is 0.562. The topological polar surface area (TPSA) is 73.8 Å². The summed E-state index contributed by atoms with van der Waals surface area (Å²) in [5.41, 5.74) is 1.05. The fourth-order valence-electron chi connectivity index (χ4n) is 2.06. The Morgan fingerprint density at radius 1 is 1.21 bits per heavy atom. The number of nitrogens with one attached hydrogen (secondary N) is 2. The summed E-state index contributed by atoms with van der Waals surface area (Å²) in [6, 6.07) is 6.42. The third kappa shape index (κ3) is 7.27. The predicted molar refractivity (Wildman–Crippen MR) is 96.2 cm³/mol. The van der Waals surface area contributed by atoms with Gasteiger partial charge in [0.1, 0.15) is 5.82 Å². The Morgan fingerprint density at radius 3 is 2.42 bits per heavy atom. The molecule has 136 valence electrons. The molecular weight excluding hydrogens is 331 g/mol. The minimum atomic E-state index is -3.12. The molecule has 0 fully saturated rings. The maximum atomic E-state index is 12.8. The number of guanidine groups is 1. The quantitative estimate of drug-likeness (QED) is 0.395. The number of sulfonamides is 1. The first-order valence-corrected chi connectivity index (χ1v) is 9.63. The van der Waals surface area contributed by atoms with E-state index in [4.69, 9.17) is 0 Å². The molecule has 0 unspecified atom stereocenters. The first-order chi connectivity index (χ1) is 11.4. The van der Waals surface area contributed by atoms with Crippen LogP contribution in [0.2, 0.25) is 0 Å². The molecule has 0 aromatic heterocycles. The van der Waals surface area contributed by atoms with E-state index in [9.17, 15) is 12.8 Å². The van der Waals surface area contributed by atoms with Crippen molar-refractivity contribution in [3.05, 3.63) is 35.6 Å². The van der Waals surface area contributed by atoms with Gasteiger partial charge in [-0.1, -0.05) is 12.1 Å². The number of hydrogen-bond donors (Lipinski definition) is 2. The Hall–Kier alpha value is -1.67. The Morgan fingerprint density at radius 2 is 1.83 bits per heavy atom. The first kappa shape index (κ1) is 20.4. The van der Waals surface area contributed by atoms with Crippen molar-refractivity contribution in [2.45, 2.75) is 19.8 Å². The number of nitrogens with zero attached hydrogens (tertiary/aromatic N) is 2. The van der Waals surface area contributed by atoms with Crippen molar-refractivity contribution in [3.63, 3.8) is 0 Å². The Bertz CT molecular complexity index is 617. The van der Waals surface area contributed by atoms with Gasteiger partial charge in [-0.05, 0) is 37.5 Å². The Balaban J connectivity index is 2.24. The predicted octanol–water partition coefficient (Wildman–Crippen LogP) is 1.20. The Labute approximate surface area is 144 Å². The molecule has 0 aliphatic carbocycles. The molecular formula is C16H27FN4O2S. The second-order valence-corrected chi connectivity index (χ2v) is 7.74. The van der Waals surface area contributed by atoms with Crippen molar-refractivity contribution < 1.29 is 12.8 Å². The summed E-state index contributed by atoms with van der Waals surface area (Å²) >= 11 is 0. The zero-order chi connectivity index (χ0) is 18.0. The van der Waals surface area contributed by atoms with Crippen LogP contribution in [0.1, 0.15) is 18.9 Å². The summed E-state index contributed by atoms with van der Waals surface area (Å²) in [7, 11) is 0.154. The van der Waals surface area contributed by atoms with Crippen molar-refractivity contribution >= 4 is 16.0 Å². The molecule has 0 aliphatic heterocycles. The van der Waals surface area contributed by atoms with Gasteiger partial charge in [0.25, 0.3) is 0 Å². The van der Waals surface area contributed by atoms with Crippen LogP contribution in [-0.2, 0) is 16.4 Å². The molecule has 1 aromatic carbocycles. The standard InChI is InChI=1S/C16H27FN4O2S/c1-4-24(22,23)21(3)13-5-11-19-16(18-2)20-12-10-14-6-8-15(17)9-7-14/h6-9H,4-5,10-13H2,1-3H3,(H2,18,19,20). The Kier molecular flexibility index (Phi) is 8.70. The van der Waals surface area contributed by atoms with Gasteiger partial charge in [0.2, 0.25) is 10.0 Å². The SMILES string of the molecule is CCS(=O)(=O)N(C)CCCNC(=NC)NCCc1ccc(F)cc1. The van der Waals surface area contributed by atoms with Crippen LogP contribution in [0.25, 0.3) is 0 Å². The smallest absolute Gasteiger partial charge is 0.213 e. The van der Waals surface area contributed by atoms with Crippen LogP contribution in [0, 0.1) is 5.82 Å². The highest BCUT2D eigenvalue weighted by Gasteiger charge is 2.13. The third-order valence-corrected chi connectivity index (χ3v) is 5.49.